The number of methoxy groups -OCH3 is 2. The standard InChI is InChI=1S/C23H26N2O4/c1-28-17-11-7-15(8-12-17)23(27)25-13-19(18-5-3-4-6-21(18)29-2)20(14-25)22(26)24-16-9-10-16/h3-8,11-12,16,19-20H,9-10,13-14H2,1-2H3,(H,24,26). The molecule has 0 radical (unpaired) electrons. The van der Waals surface area contributed by atoms with Crippen molar-refractivity contribution in [3.8, 4) is 11.5 Å². The minimum absolute atomic E-state index is 0.0217. The zero-order valence-electron chi connectivity index (χ0n) is 16.8. The van der Waals surface area contributed by atoms with E-state index in [1.807, 2.05) is 24.3 Å². The fraction of sp³-hybridized carbons (Fsp3) is 0.391. The van der Waals surface area contributed by atoms with Crippen molar-refractivity contribution >= 4 is 11.8 Å². The summed E-state index contributed by atoms with van der Waals surface area (Å²) in [6, 6.07) is 15.1. The highest BCUT2D eigenvalue weighted by Crippen LogP contribution is 2.38. The number of rotatable bonds is 6. The minimum atomic E-state index is -0.297. The van der Waals surface area contributed by atoms with Crippen molar-refractivity contribution < 1.29 is 19.1 Å². The Balaban J connectivity index is 1.59. The Morgan fingerprint density at radius 1 is 0.966 bits per heavy atom. The van der Waals surface area contributed by atoms with Gasteiger partial charge in [-0.1, -0.05) is 18.2 Å². The van der Waals surface area contributed by atoms with E-state index in [4.69, 9.17) is 9.47 Å². The van der Waals surface area contributed by atoms with Crippen LogP contribution >= 0.6 is 0 Å². The number of ether oxygens (including phenoxy) is 2. The van der Waals surface area contributed by atoms with E-state index in [1.165, 1.54) is 0 Å². The molecule has 1 aliphatic carbocycles. The number of hydrogen-bond donors (Lipinski definition) is 1. The molecule has 0 spiro atoms. The first-order valence-corrected chi connectivity index (χ1v) is 9.97. The predicted molar refractivity (Wildman–Crippen MR) is 109 cm³/mol. The molecule has 0 bridgehead atoms. The van der Waals surface area contributed by atoms with Crippen LogP contribution in [0, 0.1) is 5.92 Å². The molecule has 152 valence electrons. The van der Waals surface area contributed by atoms with E-state index < -0.39 is 0 Å². The Hall–Kier alpha value is -3.02. The van der Waals surface area contributed by atoms with E-state index in [1.54, 1.807) is 43.4 Å². The zero-order valence-corrected chi connectivity index (χ0v) is 16.8. The molecule has 2 unspecified atom stereocenters. The van der Waals surface area contributed by atoms with Crippen molar-refractivity contribution in [3.63, 3.8) is 0 Å². The molecule has 1 saturated heterocycles. The second kappa shape index (κ2) is 8.15. The van der Waals surface area contributed by atoms with Gasteiger partial charge >= 0.3 is 0 Å². The number of carbonyl (C=O) groups is 2. The summed E-state index contributed by atoms with van der Waals surface area (Å²) in [5.41, 5.74) is 1.56. The van der Waals surface area contributed by atoms with Crippen molar-refractivity contribution in [2.45, 2.75) is 24.8 Å². The highest BCUT2D eigenvalue weighted by molar-refractivity contribution is 5.95. The van der Waals surface area contributed by atoms with Crippen molar-refractivity contribution in [1.29, 1.82) is 0 Å². The van der Waals surface area contributed by atoms with E-state index in [-0.39, 0.29) is 29.7 Å². The van der Waals surface area contributed by atoms with Gasteiger partial charge in [0.15, 0.2) is 0 Å². The summed E-state index contributed by atoms with van der Waals surface area (Å²) in [6.45, 7) is 0.875. The maximum Gasteiger partial charge on any atom is 0.253 e. The van der Waals surface area contributed by atoms with Crippen molar-refractivity contribution in [1.82, 2.24) is 10.2 Å². The van der Waals surface area contributed by atoms with Crippen LogP contribution in [0.1, 0.15) is 34.7 Å². The van der Waals surface area contributed by atoms with Crippen LogP contribution in [0.25, 0.3) is 0 Å². The van der Waals surface area contributed by atoms with E-state index >= 15 is 0 Å². The molecular weight excluding hydrogens is 368 g/mol. The predicted octanol–water partition coefficient (Wildman–Crippen LogP) is 2.84. The average Bonchev–Trinajstić information content (AvgIpc) is 3.47. The maximum atomic E-state index is 13.1. The molecule has 1 aliphatic heterocycles. The van der Waals surface area contributed by atoms with E-state index in [0.29, 0.717) is 24.4 Å². The smallest absolute Gasteiger partial charge is 0.253 e. The van der Waals surface area contributed by atoms with Crippen LogP contribution in [-0.2, 0) is 4.79 Å². The lowest BCUT2D eigenvalue weighted by molar-refractivity contribution is -0.125. The molecular formula is C23H26N2O4. The first-order valence-electron chi connectivity index (χ1n) is 9.97. The maximum absolute atomic E-state index is 13.1. The van der Waals surface area contributed by atoms with Crippen molar-refractivity contribution in [2.24, 2.45) is 5.92 Å². The molecule has 1 N–H and O–H groups in total. The molecule has 2 fully saturated rings. The Morgan fingerprint density at radius 3 is 2.34 bits per heavy atom. The molecule has 2 aromatic carbocycles. The van der Waals surface area contributed by atoms with E-state index in [9.17, 15) is 9.59 Å². The van der Waals surface area contributed by atoms with Crippen LogP contribution in [0.5, 0.6) is 11.5 Å². The van der Waals surface area contributed by atoms with Gasteiger partial charge in [-0.05, 0) is 48.7 Å². The SMILES string of the molecule is COc1ccc(C(=O)N2CC(C(=O)NC3CC3)C(c3ccccc3OC)C2)cc1. The van der Waals surface area contributed by atoms with E-state index in [0.717, 1.165) is 24.2 Å². The summed E-state index contributed by atoms with van der Waals surface area (Å²) in [5, 5.41) is 3.11. The molecule has 1 heterocycles. The topological polar surface area (TPSA) is 67.9 Å². The van der Waals surface area contributed by atoms with Crippen LogP contribution in [0.15, 0.2) is 48.5 Å². The largest absolute Gasteiger partial charge is 0.497 e. The molecule has 4 rings (SSSR count). The normalized spacial score (nSPS) is 21.0. The number of nitrogens with zero attached hydrogens (tertiary/aromatic N) is 1. The van der Waals surface area contributed by atoms with Crippen molar-refractivity contribution in [3.05, 3.63) is 59.7 Å². The molecule has 2 amide bonds. The number of hydrogen-bond acceptors (Lipinski definition) is 4. The van der Waals surface area contributed by atoms with Gasteiger partial charge in [0.1, 0.15) is 11.5 Å². The highest BCUT2D eigenvalue weighted by atomic mass is 16.5. The van der Waals surface area contributed by atoms with Gasteiger partial charge in [-0.2, -0.15) is 0 Å². The molecule has 6 heteroatoms. The lowest BCUT2D eigenvalue weighted by atomic mass is 9.87. The lowest BCUT2D eigenvalue weighted by Crippen LogP contribution is -2.36. The molecule has 6 nitrogen and oxygen atoms in total. The van der Waals surface area contributed by atoms with Crippen LogP contribution in [0.4, 0.5) is 0 Å². The number of benzene rings is 2. The van der Waals surface area contributed by atoms with Gasteiger partial charge in [-0.15, -0.1) is 0 Å². The summed E-state index contributed by atoms with van der Waals surface area (Å²) < 4.78 is 10.7. The zero-order chi connectivity index (χ0) is 20.4. The van der Waals surface area contributed by atoms with Crippen LogP contribution < -0.4 is 14.8 Å². The Kier molecular flexibility index (Phi) is 5.43. The van der Waals surface area contributed by atoms with E-state index in [2.05, 4.69) is 5.32 Å². The summed E-state index contributed by atoms with van der Waals surface area (Å²) in [4.78, 5) is 27.8. The summed E-state index contributed by atoms with van der Waals surface area (Å²) in [5.74, 6) is 1.00. The van der Waals surface area contributed by atoms with Gasteiger partial charge in [0.2, 0.25) is 5.91 Å². The Bertz CT molecular complexity index is 892. The van der Waals surface area contributed by atoms with Gasteiger partial charge in [0.05, 0.1) is 20.1 Å². The van der Waals surface area contributed by atoms with Crippen LogP contribution in [0.2, 0.25) is 0 Å². The molecule has 0 aromatic heterocycles. The number of para-hydroxylation sites is 1. The summed E-state index contributed by atoms with van der Waals surface area (Å²) in [7, 11) is 3.23. The number of nitrogens with one attached hydrogen (secondary N) is 1. The van der Waals surface area contributed by atoms with Crippen molar-refractivity contribution in [2.75, 3.05) is 27.3 Å². The van der Waals surface area contributed by atoms with Gasteiger partial charge < -0.3 is 19.7 Å². The molecule has 2 aromatic rings. The second-order valence-electron chi connectivity index (χ2n) is 7.68. The van der Waals surface area contributed by atoms with Crippen LogP contribution in [0.3, 0.4) is 0 Å². The highest BCUT2D eigenvalue weighted by Gasteiger charge is 2.42. The number of carbonyl (C=O) groups excluding carboxylic acids is 2. The lowest BCUT2D eigenvalue weighted by Gasteiger charge is -2.20. The first-order chi connectivity index (χ1) is 14.1. The molecule has 1 saturated carbocycles. The molecule has 2 aliphatic rings. The van der Waals surface area contributed by atoms with Gasteiger partial charge in [0.25, 0.3) is 5.91 Å². The van der Waals surface area contributed by atoms with Gasteiger partial charge in [-0.3, -0.25) is 9.59 Å². The van der Waals surface area contributed by atoms with Gasteiger partial charge in [0, 0.05) is 30.6 Å². The first kappa shape index (κ1) is 19.3. The fourth-order valence-electron chi connectivity index (χ4n) is 3.98. The minimum Gasteiger partial charge on any atom is -0.497 e. The third kappa shape index (κ3) is 4.06. The third-order valence-electron chi connectivity index (χ3n) is 5.74. The Labute approximate surface area is 170 Å². The molecule has 29 heavy (non-hydrogen) atoms. The fourth-order valence-corrected chi connectivity index (χ4v) is 3.98. The summed E-state index contributed by atoms with van der Waals surface area (Å²) in [6.07, 6.45) is 2.07. The van der Waals surface area contributed by atoms with Crippen LogP contribution in [-0.4, -0.2) is 50.1 Å². The summed E-state index contributed by atoms with van der Waals surface area (Å²) >= 11 is 0. The monoisotopic (exact) mass is 394 g/mol. The second-order valence-corrected chi connectivity index (χ2v) is 7.68. The molecule has 2 atom stereocenters. The third-order valence-corrected chi connectivity index (χ3v) is 5.74. The average molecular weight is 394 g/mol. The van der Waals surface area contributed by atoms with Gasteiger partial charge in [-0.25, -0.2) is 0 Å². The number of likely N-dealkylation sites (tertiary alicyclic amines) is 1. The number of amides is 2. The quantitative estimate of drug-likeness (QED) is 0.818. The Morgan fingerprint density at radius 2 is 1.69 bits per heavy atom.